The molecule has 150 valence electrons. The van der Waals surface area contributed by atoms with Gasteiger partial charge in [-0.3, -0.25) is 29.3 Å². The van der Waals surface area contributed by atoms with E-state index in [0.29, 0.717) is 6.54 Å². The molecule has 0 saturated carbocycles. The molecule has 0 unspecified atom stereocenters. The third kappa shape index (κ3) is 4.90. The molecular formula is C16H27N7O4. The fraction of sp³-hybridized carbons (Fsp3) is 0.500. The molecule has 1 amide bonds. The molecule has 0 saturated heterocycles. The Kier molecular flexibility index (Phi) is 7.64. The predicted octanol–water partition coefficient (Wildman–Crippen LogP) is 0.796. The Hall–Kier alpha value is -3.24. The fourth-order valence-corrected chi connectivity index (χ4v) is 2.10. The quantitative estimate of drug-likeness (QED) is 0.514. The Labute approximate surface area is 156 Å². The maximum atomic E-state index is 12.1. The van der Waals surface area contributed by atoms with Crippen molar-refractivity contribution in [2.75, 3.05) is 31.3 Å². The second-order valence-corrected chi connectivity index (χ2v) is 5.89. The molecule has 0 fully saturated rings. The summed E-state index contributed by atoms with van der Waals surface area (Å²) in [6.45, 7) is 6.41. The maximum Gasteiger partial charge on any atom is 0.288 e. The number of amides is 1. The van der Waals surface area contributed by atoms with Crippen LogP contribution in [0, 0.1) is 0 Å². The van der Waals surface area contributed by atoms with Crippen LogP contribution in [0.15, 0.2) is 9.59 Å². The lowest BCUT2D eigenvalue weighted by atomic mass is 10.3. The van der Waals surface area contributed by atoms with E-state index >= 15 is 0 Å². The van der Waals surface area contributed by atoms with Crippen LogP contribution in [0.25, 0.3) is 0 Å². The summed E-state index contributed by atoms with van der Waals surface area (Å²) in [6.07, 6.45) is 1.25. The van der Waals surface area contributed by atoms with Gasteiger partial charge in [-0.25, -0.2) is 0 Å². The number of nitrogens with zero attached hydrogens (tertiary/aromatic N) is 3. The van der Waals surface area contributed by atoms with E-state index in [1.807, 2.05) is 0 Å². The normalized spacial score (nSPS) is 10.0. The van der Waals surface area contributed by atoms with E-state index in [2.05, 4.69) is 39.8 Å². The summed E-state index contributed by atoms with van der Waals surface area (Å²) in [5.41, 5.74) is -1.31. The number of hydrogen-bond acceptors (Lipinski definition) is 7. The number of nitrogens with one attached hydrogen (secondary N) is 4. The van der Waals surface area contributed by atoms with Crippen LogP contribution in [-0.4, -0.2) is 56.5 Å². The van der Waals surface area contributed by atoms with Gasteiger partial charge in [0, 0.05) is 27.7 Å². The minimum Gasteiger partial charge on any atom is -0.503 e. The van der Waals surface area contributed by atoms with E-state index in [0.717, 1.165) is 0 Å². The first-order valence-electron chi connectivity index (χ1n) is 8.52. The van der Waals surface area contributed by atoms with Crippen molar-refractivity contribution >= 4 is 23.1 Å². The van der Waals surface area contributed by atoms with Crippen LogP contribution in [0.1, 0.15) is 37.7 Å². The van der Waals surface area contributed by atoms with Crippen molar-refractivity contribution in [2.45, 2.75) is 27.2 Å². The van der Waals surface area contributed by atoms with E-state index in [9.17, 15) is 19.5 Å². The molecule has 2 aromatic rings. The minimum absolute atomic E-state index is 0.00629. The Balaban J connectivity index is 0.00000114. The van der Waals surface area contributed by atoms with Crippen LogP contribution in [0.3, 0.4) is 0 Å². The summed E-state index contributed by atoms with van der Waals surface area (Å²) < 4.78 is 1.19. The number of aryl methyl sites for hydroxylation is 1. The monoisotopic (exact) mass is 381 g/mol. The van der Waals surface area contributed by atoms with E-state index in [-0.39, 0.29) is 22.9 Å². The topological polar surface area (TPSA) is 148 Å². The zero-order valence-corrected chi connectivity index (χ0v) is 16.4. The van der Waals surface area contributed by atoms with Crippen LogP contribution in [0.4, 0.5) is 17.2 Å². The Morgan fingerprint density at radius 3 is 2.15 bits per heavy atom. The largest absolute Gasteiger partial charge is 0.503 e. The zero-order chi connectivity index (χ0) is 20.7. The van der Waals surface area contributed by atoms with Gasteiger partial charge in [0.05, 0.1) is 0 Å². The molecule has 0 aromatic carbocycles. The molecule has 0 aliphatic carbocycles. The minimum atomic E-state index is -0.615. The van der Waals surface area contributed by atoms with Gasteiger partial charge in [-0.2, -0.15) is 5.10 Å². The molecule has 2 heterocycles. The molecular weight excluding hydrogens is 354 g/mol. The average Bonchev–Trinajstić information content (AvgIpc) is 2.88. The molecule has 0 radical (unpaired) electrons. The first kappa shape index (κ1) is 21.8. The van der Waals surface area contributed by atoms with Crippen LogP contribution >= 0.6 is 0 Å². The van der Waals surface area contributed by atoms with Gasteiger partial charge in [0.2, 0.25) is 0 Å². The first-order chi connectivity index (χ1) is 12.7. The van der Waals surface area contributed by atoms with Crippen LogP contribution < -0.4 is 21.8 Å². The molecule has 2 aromatic heterocycles. The van der Waals surface area contributed by atoms with E-state index < -0.39 is 22.8 Å². The highest BCUT2D eigenvalue weighted by atomic mass is 16.3. The number of carbonyl (C=O) groups excluding carboxylic acids is 1. The maximum absolute atomic E-state index is 12.1. The smallest absolute Gasteiger partial charge is 0.288 e. The molecule has 27 heavy (non-hydrogen) atoms. The highest BCUT2D eigenvalue weighted by molar-refractivity contribution is 5.97. The fourth-order valence-electron chi connectivity index (χ4n) is 2.10. The third-order valence-electron chi connectivity index (χ3n) is 3.22. The van der Waals surface area contributed by atoms with E-state index in [4.69, 9.17) is 0 Å². The molecule has 0 bridgehead atoms. The van der Waals surface area contributed by atoms with Crippen molar-refractivity contribution in [1.82, 2.24) is 24.9 Å². The zero-order valence-electron chi connectivity index (χ0n) is 16.4. The Bertz CT molecular complexity index is 895. The average molecular weight is 381 g/mol. The second kappa shape index (κ2) is 9.46. The van der Waals surface area contributed by atoms with Gasteiger partial charge in [0.25, 0.3) is 17.0 Å². The number of carbonyl (C=O) groups is 1. The SMILES string of the molecule is CCC.CCNc1c(Nc2nn(C)c(C(=O)N(C)C)c2O)c(=O)[nH][nH]c1=O. The van der Waals surface area contributed by atoms with Crippen molar-refractivity contribution in [3.63, 3.8) is 0 Å². The second-order valence-electron chi connectivity index (χ2n) is 5.89. The summed E-state index contributed by atoms with van der Waals surface area (Å²) >= 11 is 0. The first-order valence-corrected chi connectivity index (χ1v) is 8.52. The molecule has 11 heteroatoms. The molecule has 5 N–H and O–H groups in total. The number of aromatic hydroxyl groups is 1. The van der Waals surface area contributed by atoms with Gasteiger partial charge in [-0.1, -0.05) is 20.3 Å². The standard InChI is InChI=1S/C13H19N7O4.C3H8/c1-5-14-6-7(12(23)17-16-11(6)22)15-10-9(21)8(20(4)18-10)13(24)19(2)3;1-3-2/h21H,5H2,1-4H3,(H2,14,17,23)(H2,15,16,18,22);3H2,1-2H3. The third-order valence-corrected chi connectivity index (χ3v) is 3.22. The van der Waals surface area contributed by atoms with Gasteiger partial charge in [0.15, 0.2) is 17.3 Å². The number of hydrogen-bond donors (Lipinski definition) is 5. The Morgan fingerprint density at radius 2 is 1.67 bits per heavy atom. The number of rotatable bonds is 5. The molecule has 0 atom stereocenters. The molecule has 0 aliphatic heterocycles. The number of H-pyrrole nitrogens is 2. The highest BCUT2D eigenvalue weighted by Gasteiger charge is 2.24. The van der Waals surface area contributed by atoms with Gasteiger partial charge < -0.3 is 20.6 Å². The lowest BCUT2D eigenvalue weighted by molar-refractivity contribution is 0.0814. The van der Waals surface area contributed by atoms with Crippen molar-refractivity contribution < 1.29 is 9.90 Å². The number of aromatic nitrogens is 4. The lowest BCUT2D eigenvalue weighted by Gasteiger charge is -2.10. The summed E-state index contributed by atoms with van der Waals surface area (Å²) in [6, 6.07) is 0. The number of aromatic amines is 2. The molecule has 0 spiro atoms. The van der Waals surface area contributed by atoms with E-state index in [1.165, 1.54) is 37.1 Å². The Morgan fingerprint density at radius 1 is 1.15 bits per heavy atom. The summed E-state index contributed by atoms with van der Waals surface area (Å²) in [7, 11) is 4.55. The van der Waals surface area contributed by atoms with Crippen LogP contribution in [-0.2, 0) is 7.05 Å². The lowest BCUT2D eigenvalue weighted by Crippen LogP contribution is -2.26. The molecule has 11 nitrogen and oxygen atoms in total. The van der Waals surface area contributed by atoms with Crippen molar-refractivity contribution in [2.24, 2.45) is 7.05 Å². The summed E-state index contributed by atoms with van der Waals surface area (Å²) in [4.78, 5) is 37.2. The van der Waals surface area contributed by atoms with Crippen molar-refractivity contribution in [3.05, 3.63) is 26.4 Å². The van der Waals surface area contributed by atoms with Gasteiger partial charge in [-0.05, 0) is 6.92 Å². The van der Waals surface area contributed by atoms with Gasteiger partial charge in [0.1, 0.15) is 11.4 Å². The van der Waals surface area contributed by atoms with Gasteiger partial charge in [-0.15, -0.1) is 0 Å². The number of anilines is 3. The highest BCUT2D eigenvalue weighted by Crippen LogP contribution is 2.30. The predicted molar refractivity (Wildman–Crippen MR) is 104 cm³/mol. The van der Waals surface area contributed by atoms with E-state index in [1.54, 1.807) is 6.92 Å². The van der Waals surface area contributed by atoms with Crippen LogP contribution in [0.2, 0.25) is 0 Å². The van der Waals surface area contributed by atoms with Crippen LogP contribution in [0.5, 0.6) is 5.75 Å². The van der Waals surface area contributed by atoms with Crippen molar-refractivity contribution in [3.8, 4) is 5.75 Å². The molecule has 2 rings (SSSR count). The van der Waals surface area contributed by atoms with Gasteiger partial charge >= 0.3 is 0 Å². The molecule has 0 aliphatic rings. The summed E-state index contributed by atoms with van der Waals surface area (Å²) in [5.74, 6) is -0.987. The van der Waals surface area contributed by atoms with Crippen molar-refractivity contribution in [1.29, 1.82) is 0 Å². The summed E-state index contributed by atoms with van der Waals surface area (Å²) in [5, 5.41) is 24.0.